The summed E-state index contributed by atoms with van der Waals surface area (Å²) in [5.74, 6) is -0.131. The standard InChI is InChI=1S/C18H17N3O2/c1-21(2)15-9-7-13(8-10-15)12-19-20-18(22)17-11-14-5-3-4-6-16(14)23-17/h3-12H,1-2H3,(H,20,22)/b19-12-. The summed E-state index contributed by atoms with van der Waals surface area (Å²) in [5.41, 5.74) is 5.16. The second kappa shape index (κ2) is 6.36. The summed E-state index contributed by atoms with van der Waals surface area (Å²) in [6.45, 7) is 0. The maximum absolute atomic E-state index is 12.0. The number of carbonyl (C=O) groups is 1. The second-order valence-corrected chi connectivity index (χ2v) is 5.33. The fourth-order valence-corrected chi connectivity index (χ4v) is 2.17. The minimum atomic E-state index is -0.373. The summed E-state index contributed by atoms with van der Waals surface area (Å²) in [7, 11) is 3.97. The van der Waals surface area contributed by atoms with Crippen molar-refractivity contribution in [3.05, 3.63) is 65.9 Å². The number of benzene rings is 2. The largest absolute Gasteiger partial charge is 0.451 e. The third-order valence-electron chi connectivity index (χ3n) is 3.44. The molecule has 0 fully saturated rings. The van der Waals surface area contributed by atoms with Crippen LogP contribution in [0, 0.1) is 0 Å². The van der Waals surface area contributed by atoms with Crippen LogP contribution < -0.4 is 10.3 Å². The van der Waals surface area contributed by atoms with E-state index in [0.717, 1.165) is 16.6 Å². The molecular formula is C18H17N3O2. The molecule has 0 aliphatic carbocycles. The number of amides is 1. The lowest BCUT2D eigenvalue weighted by atomic mass is 10.2. The predicted molar refractivity (Wildman–Crippen MR) is 92.0 cm³/mol. The zero-order valence-corrected chi connectivity index (χ0v) is 13.0. The Hall–Kier alpha value is -3.08. The van der Waals surface area contributed by atoms with E-state index in [0.29, 0.717) is 5.58 Å². The second-order valence-electron chi connectivity index (χ2n) is 5.33. The lowest BCUT2D eigenvalue weighted by Crippen LogP contribution is -2.16. The van der Waals surface area contributed by atoms with Gasteiger partial charge < -0.3 is 9.32 Å². The molecule has 0 aliphatic rings. The van der Waals surface area contributed by atoms with E-state index in [2.05, 4.69) is 10.5 Å². The third-order valence-corrected chi connectivity index (χ3v) is 3.44. The van der Waals surface area contributed by atoms with E-state index in [9.17, 15) is 4.79 Å². The van der Waals surface area contributed by atoms with Gasteiger partial charge in [0.15, 0.2) is 5.76 Å². The molecule has 1 heterocycles. The maximum Gasteiger partial charge on any atom is 0.307 e. The zero-order chi connectivity index (χ0) is 16.2. The van der Waals surface area contributed by atoms with Crippen LogP contribution in [0.5, 0.6) is 0 Å². The fourth-order valence-electron chi connectivity index (χ4n) is 2.17. The smallest absolute Gasteiger partial charge is 0.307 e. The molecule has 5 nitrogen and oxygen atoms in total. The minimum Gasteiger partial charge on any atom is -0.451 e. The van der Waals surface area contributed by atoms with E-state index < -0.39 is 0 Å². The predicted octanol–water partition coefficient (Wildman–Crippen LogP) is 3.26. The van der Waals surface area contributed by atoms with Crippen molar-refractivity contribution in [3.63, 3.8) is 0 Å². The van der Waals surface area contributed by atoms with Crippen LogP contribution in [-0.2, 0) is 0 Å². The number of fused-ring (bicyclic) bond motifs is 1. The van der Waals surface area contributed by atoms with Crippen molar-refractivity contribution in [3.8, 4) is 0 Å². The highest BCUT2D eigenvalue weighted by Crippen LogP contribution is 2.18. The van der Waals surface area contributed by atoms with Crippen molar-refractivity contribution >= 4 is 28.8 Å². The highest BCUT2D eigenvalue weighted by Gasteiger charge is 2.10. The summed E-state index contributed by atoms with van der Waals surface area (Å²) in [4.78, 5) is 14.0. The Balaban J connectivity index is 1.66. The van der Waals surface area contributed by atoms with Gasteiger partial charge in [0.2, 0.25) is 0 Å². The van der Waals surface area contributed by atoms with Gasteiger partial charge in [-0.05, 0) is 29.8 Å². The average molecular weight is 307 g/mol. The zero-order valence-electron chi connectivity index (χ0n) is 13.0. The number of hydrogen-bond acceptors (Lipinski definition) is 4. The van der Waals surface area contributed by atoms with Gasteiger partial charge in [0, 0.05) is 25.2 Å². The summed E-state index contributed by atoms with van der Waals surface area (Å²) in [5, 5.41) is 4.85. The van der Waals surface area contributed by atoms with Crippen molar-refractivity contribution in [2.24, 2.45) is 5.10 Å². The molecule has 0 spiro atoms. The van der Waals surface area contributed by atoms with E-state index in [-0.39, 0.29) is 11.7 Å². The lowest BCUT2D eigenvalue weighted by Gasteiger charge is -2.11. The lowest BCUT2D eigenvalue weighted by molar-refractivity contribution is 0.0929. The summed E-state index contributed by atoms with van der Waals surface area (Å²) in [6.07, 6.45) is 1.60. The molecule has 0 atom stereocenters. The Morgan fingerprint density at radius 3 is 2.57 bits per heavy atom. The molecule has 0 saturated carbocycles. The number of hydrogen-bond donors (Lipinski definition) is 1. The Morgan fingerprint density at radius 1 is 1.13 bits per heavy atom. The molecular weight excluding hydrogens is 290 g/mol. The number of para-hydroxylation sites is 1. The summed E-state index contributed by atoms with van der Waals surface area (Å²) < 4.78 is 5.48. The van der Waals surface area contributed by atoms with Gasteiger partial charge in [0.1, 0.15) is 5.58 Å². The summed E-state index contributed by atoms with van der Waals surface area (Å²) >= 11 is 0. The van der Waals surface area contributed by atoms with Crippen molar-refractivity contribution in [1.29, 1.82) is 0 Å². The Bertz CT molecular complexity index is 815. The highest BCUT2D eigenvalue weighted by atomic mass is 16.3. The first-order valence-corrected chi connectivity index (χ1v) is 7.23. The number of hydrazone groups is 1. The SMILES string of the molecule is CN(C)c1ccc(/C=N\NC(=O)c2cc3ccccc3o2)cc1. The van der Waals surface area contributed by atoms with Crippen LogP contribution in [0.15, 0.2) is 64.1 Å². The molecule has 23 heavy (non-hydrogen) atoms. The number of anilines is 1. The topological polar surface area (TPSA) is 57.8 Å². The van der Waals surface area contributed by atoms with Crippen LogP contribution in [0.3, 0.4) is 0 Å². The highest BCUT2D eigenvalue weighted by molar-refractivity contribution is 5.96. The molecule has 3 aromatic rings. The molecule has 3 rings (SSSR count). The quantitative estimate of drug-likeness (QED) is 0.594. The van der Waals surface area contributed by atoms with Crippen LogP contribution in [0.4, 0.5) is 5.69 Å². The Labute approximate surface area is 134 Å². The molecule has 5 heteroatoms. The molecule has 1 amide bonds. The van der Waals surface area contributed by atoms with Crippen LogP contribution in [0.25, 0.3) is 11.0 Å². The minimum absolute atomic E-state index is 0.242. The van der Waals surface area contributed by atoms with Gasteiger partial charge in [0.05, 0.1) is 6.21 Å². The number of nitrogens with zero attached hydrogens (tertiary/aromatic N) is 2. The van der Waals surface area contributed by atoms with Crippen molar-refractivity contribution < 1.29 is 9.21 Å². The van der Waals surface area contributed by atoms with Crippen molar-refractivity contribution in [1.82, 2.24) is 5.43 Å². The normalized spacial score (nSPS) is 11.0. The first-order chi connectivity index (χ1) is 11.1. The van der Waals surface area contributed by atoms with Gasteiger partial charge in [-0.3, -0.25) is 4.79 Å². The summed E-state index contributed by atoms with van der Waals surface area (Å²) in [6, 6.07) is 17.0. The molecule has 0 radical (unpaired) electrons. The molecule has 1 aromatic heterocycles. The van der Waals surface area contributed by atoms with E-state index in [1.54, 1.807) is 12.3 Å². The van der Waals surface area contributed by atoms with Gasteiger partial charge in [-0.25, -0.2) is 5.43 Å². The Kier molecular flexibility index (Phi) is 4.10. The fraction of sp³-hybridized carbons (Fsp3) is 0.111. The van der Waals surface area contributed by atoms with Crippen LogP contribution in [0.2, 0.25) is 0 Å². The first-order valence-electron chi connectivity index (χ1n) is 7.23. The van der Waals surface area contributed by atoms with Gasteiger partial charge in [-0.2, -0.15) is 5.10 Å². The third kappa shape index (κ3) is 3.40. The van der Waals surface area contributed by atoms with E-state index in [1.807, 2.05) is 67.5 Å². The Morgan fingerprint density at radius 2 is 1.87 bits per heavy atom. The number of carbonyl (C=O) groups excluding carboxylic acids is 1. The molecule has 0 bridgehead atoms. The first kappa shape index (κ1) is 14.8. The number of furan rings is 1. The van der Waals surface area contributed by atoms with Crippen LogP contribution in [-0.4, -0.2) is 26.2 Å². The molecule has 116 valence electrons. The van der Waals surface area contributed by atoms with Gasteiger partial charge in [0.25, 0.3) is 0 Å². The number of rotatable bonds is 4. The van der Waals surface area contributed by atoms with Crippen molar-refractivity contribution in [2.45, 2.75) is 0 Å². The number of nitrogens with one attached hydrogen (secondary N) is 1. The van der Waals surface area contributed by atoms with E-state index in [1.165, 1.54) is 0 Å². The molecule has 0 saturated heterocycles. The van der Waals surface area contributed by atoms with Gasteiger partial charge in [-0.15, -0.1) is 0 Å². The van der Waals surface area contributed by atoms with Gasteiger partial charge >= 0.3 is 5.91 Å². The van der Waals surface area contributed by atoms with Crippen LogP contribution in [0.1, 0.15) is 16.1 Å². The molecule has 2 aromatic carbocycles. The van der Waals surface area contributed by atoms with E-state index >= 15 is 0 Å². The maximum atomic E-state index is 12.0. The molecule has 0 aliphatic heterocycles. The van der Waals surface area contributed by atoms with Crippen LogP contribution >= 0.6 is 0 Å². The van der Waals surface area contributed by atoms with Crippen molar-refractivity contribution in [2.75, 3.05) is 19.0 Å². The molecule has 0 unspecified atom stereocenters. The molecule has 1 N–H and O–H groups in total. The average Bonchev–Trinajstić information content (AvgIpc) is 2.99. The monoisotopic (exact) mass is 307 g/mol. The van der Waals surface area contributed by atoms with Gasteiger partial charge in [-0.1, -0.05) is 30.3 Å². The van der Waals surface area contributed by atoms with E-state index in [4.69, 9.17) is 4.42 Å².